The molecule has 2 rings (SSSR count). The lowest BCUT2D eigenvalue weighted by atomic mass is 9.78. The van der Waals surface area contributed by atoms with Gasteiger partial charge in [-0.05, 0) is 37.7 Å². The van der Waals surface area contributed by atoms with Crippen LogP contribution in [0.3, 0.4) is 0 Å². The molecule has 0 radical (unpaired) electrons. The molecule has 3 heteroatoms. The molecule has 0 saturated carbocycles. The molecule has 122 valence electrons. The zero-order chi connectivity index (χ0) is 15.9. The summed E-state index contributed by atoms with van der Waals surface area (Å²) in [4.78, 5) is 12.0. The Labute approximate surface area is 134 Å². The van der Waals surface area contributed by atoms with E-state index in [1.54, 1.807) is 0 Å². The number of esters is 1. The van der Waals surface area contributed by atoms with Crippen LogP contribution in [-0.4, -0.2) is 18.1 Å². The number of hydrogen-bond acceptors (Lipinski definition) is 3. The van der Waals surface area contributed by atoms with Gasteiger partial charge in [-0.15, -0.1) is 0 Å². The predicted octanol–water partition coefficient (Wildman–Crippen LogP) is 3.70. The number of nitrogens with two attached hydrogens (primary N) is 1. The van der Waals surface area contributed by atoms with Crippen LogP contribution in [0.15, 0.2) is 30.3 Å². The Kier molecular flexibility index (Phi) is 6.44. The van der Waals surface area contributed by atoms with Crippen molar-refractivity contribution in [2.24, 2.45) is 17.6 Å². The van der Waals surface area contributed by atoms with Crippen molar-refractivity contribution in [1.29, 1.82) is 0 Å². The normalized spacial score (nSPS) is 30.0. The number of hydrogen-bond donors (Lipinski definition) is 1. The molecule has 22 heavy (non-hydrogen) atoms. The van der Waals surface area contributed by atoms with E-state index in [0.29, 0.717) is 11.8 Å². The van der Waals surface area contributed by atoms with Crippen LogP contribution in [0.1, 0.15) is 51.5 Å². The molecular formula is C19H29NO2. The highest BCUT2D eigenvalue weighted by Gasteiger charge is 2.32. The van der Waals surface area contributed by atoms with Crippen LogP contribution < -0.4 is 5.73 Å². The maximum absolute atomic E-state index is 12.0. The summed E-state index contributed by atoms with van der Waals surface area (Å²) in [5, 5.41) is 0. The smallest absolute Gasteiger partial charge is 0.323 e. The summed E-state index contributed by atoms with van der Waals surface area (Å²) in [5.41, 5.74) is 7.24. The van der Waals surface area contributed by atoms with Crippen LogP contribution in [0.25, 0.3) is 0 Å². The number of carbonyl (C=O) groups excluding carboxylic acids is 1. The zero-order valence-corrected chi connectivity index (χ0v) is 13.8. The van der Waals surface area contributed by atoms with Gasteiger partial charge in [-0.25, -0.2) is 0 Å². The van der Waals surface area contributed by atoms with Crippen LogP contribution in [0.4, 0.5) is 0 Å². The minimum Gasteiger partial charge on any atom is -0.461 e. The van der Waals surface area contributed by atoms with Gasteiger partial charge < -0.3 is 10.5 Å². The topological polar surface area (TPSA) is 52.3 Å². The Morgan fingerprint density at radius 1 is 1.23 bits per heavy atom. The molecule has 0 bridgehead atoms. The first-order chi connectivity index (χ1) is 10.6. The van der Waals surface area contributed by atoms with Crippen molar-refractivity contribution in [1.82, 2.24) is 0 Å². The lowest BCUT2D eigenvalue weighted by Gasteiger charge is -2.31. The Morgan fingerprint density at radius 3 is 2.64 bits per heavy atom. The van der Waals surface area contributed by atoms with Crippen molar-refractivity contribution in [3.05, 3.63) is 35.9 Å². The van der Waals surface area contributed by atoms with Gasteiger partial charge in [0.05, 0.1) is 0 Å². The number of cyclic esters (lactones) is 1. The van der Waals surface area contributed by atoms with Gasteiger partial charge in [0, 0.05) is 5.92 Å². The van der Waals surface area contributed by atoms with Gasteiger partial charge in [0.25, 0.3) is 0 Å². The van der Waals surface area contributed by atoms with E-state index in [2.05, 4.69) is 31.2 Å². The first-order valence-corrected chi connectivity index (χ1v) is 8.61. The van der Waals surface area contributed by atoms with Gasteiger partial charge in [0.15, 0.2) is 0 Å². The molecule has 1 fully saturated rings. The maximum atomic E-state index is 12.0. The van der Waals surface area contributed by atoms with E-state index in [0.717, 1.165) is 25.7 Å². The molecule has 2 N–H and O–H groups in total. The first-order valence-electron chi connectivity index (χ1n) is 8.61. The van der Waals surface area contributed by atoms with E-state index in [-0.39, 0.29) is 12.1 Å². The lowest BCUT2D eigenvalue weighted by Crippen LogP contribution is -2.37. The number of rotatable bonds is 4. The van der Waals surface area contributed by atoms with Crippen LogP contribution in [0, 0.1) is 11.8 Å². The number of carbonyl (C=O) groups is 1. The standard InChI is InChI=1S/C19H29NO2/c1-3-8-16-11-7-12-18(20)19(21)22-14(2)17(16)13-15-9-5-4-6-10-15/h4-6,9-10,14,16-18H,3,7-8,11-13,20H2,1-2H3. The van der Waals surface area contributed by atoms with Crippen molar-refractivity contribution in [3.63, 3.8) is 0 Å². The van der Waals surface area contributed by atoms with Crippen molar-refractivity contribution in [2.45, 2.75) is 64.5 Å². The fraction of sp³-hybridized carbons (Fsp3) is 0.632. The summed E-state index contributed by atoms with van der Waals surface area (Å²) in [6, 6.07) is 10.1. The van der Waals surface area contributed by atoms with Crippen molar-refractivity contribution < 1.29 is 9.53 Å². The maximum Gasteiger partial charge on any atom is 0.323 e. The molecule has 1 aliphatic rings. The SMILES string of the molecule is CCCC1CCCC(N)C(=O)OC(C)C1Cc1ccccc1. The van der Waals surface area contributed by atoms with Gasteiger partial charge >= 0.3 is 5.97 Å². The highest BCUT2D eigenvalue weighted by atomic mass is 16.5. The van der Waals surface area contributed by atoms with Gasteiger partial charge in [-0.1, -0.05) is 56.5 Å². The van der Waals surface area contributed by atoms with E-state index in [4.69, 9.17) is 10.5 Å². The van der Waals surface area contributed by atoms with Gasteiger partial charge in [-0.2, -0.15) is 0 Å². The molecule has 4 atom stereocenters. The van der Waals surface area contributed by atoms with Crippen molar-refractivity contribution in [2.75, 3.05) is 0 Å². The average molecular weight is 303 g/mol. The molecule has 0 spiro atoms. The second-order valence-electron chi connectivity index (χ2n) is 6.58. The Hall–Kier alpha value is -1.35. The Balaban J connectivity index is 2.18. The third-order valence-electron chi connectivity index (χ3n) is 4.88. The quantitative estimate of drug-likeness (QED) is 0.863. The van der Waals surface area contributed by atoms with Crippen LogP contribution in [-0.2, 0) is 16.0 Å². The van der Waals surface area contributed by atoms with Gasteiger partial charge in [0.2, 0.25) is 0 Å². The monoisotopic (exact) mass is 303 g/mol. The number of benzene rings is 1. The molecule has 0 aliphatic carbocycles. The van der Waals surface area contributed by atoms with Gasteiger partial charge in [-0.3, -0.25) is 4.79 Å². The molecule has 0 amide bonds. The second kappa shape index (κ2) is 8.33. The Morgan fingerprint density at radius 2 is 1.95 bits per heavy atom. The highest BCUT2D eigenvalue weighted by Crippen LogP contribution is 2.32. The summed E-state index contributed by atoms with van der Waals surface area (Å²) < 4.78 is 5.68. The Bertz CT molecular complexity index is 460. The third kappa shape index (κ3) is 4.57. The van der Waals surface area contributed by atoms with Crippen molar-refractivity contribution >= 4 is 5.97 Å². The summed E-state index contributed by atoms with van der Waals surface area (Å²) in [5.74, 6) is 0.734. The average Bonchev–Trinajstić information content (AvgIpc) is 2.55. The number of ether oxygens (including phenoxy) is 1. The van der Waals surface area contributed by atoms with E-state index in [1.807, 2.05) is 13.0 Å². The van der Waals surface area contributed by atoms with Crippen LogP contribution >= 0.6 is 0 Å². The molecule has 1 heterocycles. The van der Waals surface area contributed by atoms with E-state index in [9.17, 15) is 4.79 Å². The van der Waals surface area contributed by atoms with Gasteiger partial charge in [0.1, 0.15) is 12.1 Å². The second-order valence-corrected chi connectivity index (χ2v) is 6.58. The zero-order valence-electron chi connectivity index (χ0n) is 13.8. The first kappa shape index (κ1) is 17.0. The van der Waals surface area contributed by atoms with E-state index < -0.39 is 6.04 Å². The largest absolute Gasteiger partial charge is 0.461 e. The van der Waals surface area contributed by atoms with E-state index in [1.165, 1.54) is 18.4 Å². The molecule has 1 saturated heterocycles. The summed E-state index contributed by atoms with van der Waals surface area (Å²) in [7, 11) is 0. The summed E-state index contributed by atoms with van der Waals surface area (Å²) in [6.07, 6.45) is 6.14. The fourth-order valence-corrected chi connectivity index (χ4v) is 3.62. The van der Waals surface area contributed by atoms with E-state index >= 15 is 0 Å². The molecule has 0 aromatic heterocycles. The summed E-state index contributed by atoms with van der Waals surface area (Å²) >= 11 is 0. The molecule has 1 aliphatic heterocycles. The molecule has 1 aromatic rings. The predicted molar refractivity (Wildman–Crippen MR) is 89.4 cm³/mol. The minimum absolute atomic E-state index is 0.0755. The lowest BCUT2D eigenvalue weighted by molar-refractivity contribution is -0.153. The molecular weight excluding hydrogens is 274 g/mol. The molecule has 1 aromatic carbocycles. The summed E-state index contributed by atoms with van der Waals surface area (Å²) in [6.45, 7) is 4.26. The molecule has 4 unspecified atom stereocenters. The van der Waals surface area contributed by atoms with Crippen LogP contribution in [0.2, 0.25) is 0 Å². The third-order valence-corrected chi connectivity index (χ3v) is 4.88. The highest BCUT2D eigenvalue weighted by molar-refractivity contribution is 5.75. The molecule has 3 nitrogen and oxygen atoms in total. The minimum atomic E-state index is -0.458. The van der Waals surface area contributed by atoms with Crippen LogP contribution in [0.5, 0.6) is 0 Å². The fourth-order valence-electron chi connectivity index (χ4n) is 3.62. The van der Waals surface area contributed by atoms with Crippen molar-refractivity contribution in [3.8, 4) is 0 Å².